The number of hydrogen-bond acceptors (Lipinski definition) is 3. The molecule has 2 aromatic heterocycles. The van der Waals surface area contributed by atoms with Gasteiger partial charge in [-0.25, -0.2) is 13.1 Å². The number of thiophene rings is 1. The van der Waals surface area contributed by atoms with Crippen molar-refractivity contribution >= 4 is 43.9 Å². The zero-order valence-electron chi connectivity index (χ0n) is 12.2. The number of aromatic nitrogens is 1. The molecule has 4 nitrogen and oxygen atoms in total. The number of aryl methyl sites for hydroxylation is 1. The van der Waals surface area contributed by atoms with E-state index in [1.54, 1.807) is 12.1 Å². The fourth-order valence-corrected chi connectivity index (χ4v) is 5.96. The zero-order chi connectivity index (χ0) is 16.0. The highest BCUT2D eigenvalue weighted by molar-refractivity contribution is 7.91. The maximum Gasteiger partial charge on any atom is 0.250 e. The Balaban J connectivity index is 1.61. The van der Waals surface area contributed by atoms with Gasteiger partial charge in [0.1, 0.15) is 4.21 Å². The van der Waals surface area contributed by atoms with Crippen LogP contribution in [0.25, 0.3) is 10.9 Å². The van der Waals surface area contributed by atoms with Crippen LogP contribution in [0, 0.1) is 0 Å². The van der Waals surface area contributed by atoms with Crippen molar-refractivity contribution in [3.63, 3.8) is 0 Å². The van der Waals surface area contributed by atoms with Crippen molar-refractivity contribution in [2.75, 3.05) is 0 Å². The van der Waals surface area contributed by atoms with E-state index in [-0.39, 0.29) is 10.3 Å². The number of para-hydroxylation sites is 1. The van der Waals surface area contributed by atoms with E-state index in [2.05, 4.69) is 21.8 Å². The Hall–Kier alpha value is -1.34. The molecule has 1 unspecified atom stereocenters. The second kappa shape index (κ2) is 5.63. The standard InChI is InChI=1S/C16H15ClN2O2S2/c17-15-7-8-16(22-15)23(20,21)19-10-5-6-14-12(9-10)11-3-1-2-4-13(11)18-14/h1-4,7-8,10,18-19H,5-6,9H2. The summed E-state index contributed by atoms with van der Waals surface area (Å²) in [5.41, 5.74) is 3.57. The van der Waals surface area contributed by atoms with Crippen LogP contribution in [0.3, 0.4) is 0 Å². The number of nitrogens with one attached hydrogen (secondary N) is 2. The summed E-state index contributed by atoms with van der Waals surface area (Å²) in [7, 11) is -3.50. The predicted octanol–water partition coefficient (Wildman–Crippen LogP) is 3.72. The van der Waals surface area contributed by atoms with Crippen molar-refractivity contribution < 1.29 is 8.42 Å². The van der Waals surface area contributed by atoms with Crippen molar-refractivity contribution in [1.82, 2.24) is 9.71 Å². The minimum Gasteiger partial charge on any atom is -0.358 e. The molecule has 1 aromatic carbocycles. The van der Waals surface area contributed by atoms with E-state index in [0.717, 1.165) is 29.7 Å². The molecule has 2 heterocycles. The monoisotopic (exact) mass is 366 g/mol. The Labute approximate surface area is 143 Å². The van der Waals surface area contributed by atoms with Crippen LogP contribution < -0.4 is 4.72 Å². The molecule has 1 aliphatic rings. The van der Waals surface area contributed by atoms with Crippen molar-refractivity contribution in [2.45, 2.75) is 29.5 Å². The smallest absolute Gasteiger partial charge is 0.250 e. The van der Waals surface area contributed by atoms with E-state index in [1.807, 2.05) is 12.1 Å². The molecule has 0 amide bonds. The van der Waals surface area contributed by atoms with Crippen LogP contribution in [0.5, 0.6) is 0 Å². The summed E-state index contributed by atoms with van der Waals surface area (Å²) in [5.74, 6) is 0. The van der Waals surface area contributed by atoms with E-state index in [4.69, 9.17) is 11.6 Å². The molecule has 0 fully saturated rings. The molecule has 0 saturated carbocycles. The third-order valence-corrected chi connectivity index (χ3v) is 7.47. The van der Waals surface area contributed by atoms with Gasteiger partial charge < -0.3 is 4.98 Å². The summed E-state index contributed by atoms with van der Waals surface area (Å²) < 4.78 is 28.5. The molecule has 3 aromatic rings. The fourth-order valence-electron chi connectivity index (χ4n) is 3.19. The summed E-state index contributed by atoms with van der Waals surface area (Å²) in [5, 5.41) is 1.19. The largest absolute Gasteiger partial charge is 0.358 e. The lowest BCUT2D eigenvalue weighted by atomic mass is 9.92. The first kappa shape index (κ1) is 15.2. The van der Waals surface area contributed by atoms with Gasteiger partial charge in [-0.1, -0.05) is 29.8 Å². The Kier molecular flexibility index (Phi) is 3.72. The lowest BCUT2D eigenvalue weighted by Gasteiger charge is -2.23. The Bertz CT molecular complexity index is 975. The molecule has 0 aliphatic heterocycles. The van der Waals surface area contributed by atoms with E-state index >= 15 is 0 Å². The van der Waals surface area contributed by atoms with E-state index < -0.39 is 10.0 Å². The first-order valence-corrected chi connectivity index (χ1v) is 10.1. The minimum atomic E-state index is -3.50. The van der Waals surface area contributed by atoms with Crippen LogP contribution in [-0.2, 0) is 22.9 Å². The maximum absolute atomic E-state index is 12.5. The predicted molar refractivity (Wildman–Crippen MR) is 93.8 cm³/mol. The van der Waals surface area contributed by atoms with Gasteiger partial charge in [0.25, 0.3) is 0 Å². The quantitative estimate of drug-likeness (QED) is 0.742. The Morgan fingerprint density at radius 3 is 2.83 bits per heavy atom. The molecule has 4 rings (SSSR count). The van der Waals surface area contributed by atoms with Gasteiger partial charge in [0, 0.05) is 22.6 Å². The Morgan fingerprint density at radius 2 is 2.04 bits per heavy atom. The third-order valence-electron chi connectivity index (χ3n) is 4.23. The third kappa shape index (κ3) is 2.80. The molecule has 0 spiro atoms. The van der Waals surface area contributed by atoms with Gasteiger partial charge in [-0.05, 0) is 43.0 Å². The second-order valence-corrected chi connectivity index (χ2v) is 9.40. The van der Waals surface area contributed by atoms with Crippen LogP contribution in [0.15, 0.2) is 40.6 Å². The number of fused-ring (bicyclic) bond motifs is 3. The van der Waals surface area contributed by atoms with Gasteiger partial charge in [-0.2, -0.15) is 0 Å². The topological polar surface area (TPSA) is 62.0 Å². The van der Waals surface area contributed by atoms with Gasteiger partial charge in [0.15, 0.2) is 0 Å². The fraction of sp³-hybridized carbons (Fsp3) is 0.250. The number of benzene rings is 1. The summed E-state index contributed by atoms with van der Waals surface area (Å²) in [6.07, 6.45) is 2.35. The van der Waals surface area contributed by atoms with Crippen LogP contribution >= 0.6 is 22.9 Å². The molecule has 0 bridgehead atoms. The van der Waals surface area contributed by atoms with Crippen molar-refractivity contribution in [1.29, 1.82) is 0 Å². The van der Waals surface area contributed by atoms with Crippen molar-refractivity contribution in [3.05, 3.63) is 52.0 Å². The van der Waals surface area contributed by atoms with Gasteiger partial charge in [-0.15, -0.1) is 11.3 Å². The average Bonchev–Trinajstić information content (AvgIpc) is 3.11. The first-order valence-electron chi connectivity index (χ1n) is 7.39. The second-order valence-electron chi connectivity index (χ2n) is 5.75. The number of rotatable bonds is 3. The highest BCUT2D eigenvalue weighted by Gasteiger charge is 2.27. The summed E-state index contributed by atoms with van der Waals surface area (Å²) >= 11 is 6.93. The van der Waals surface area contributed by atoms with Crippen LogP contribution in [-0.4, -0.2) is 19.4 Å². The molecule has 0 radical (unpaired) electrons. The maximum atomic E-state index is 12.5. The minimum absolute atomic E-state index is 0.0902. The normalized spacial score (nSPS) is 18.2. The van der Waals surface area contributed by atoms with Gasteiger partial charge in [-0.3, -0.25) is 0 Å². The molecule has 120 valence electrons. The molecular weight excluding hydrogens is 352 g/mol. The number of hydrogen-bond donors (Lipinski definition) is 2. The lowest BCUT2D eigenvalue weighted by Crippen LogP contribution is -2.38. The van der Waals surface area contributed by atoms with Crippen molar-refractivity contribution in [3.8, 4) is 0 Å². The van der Waals surface area contributed by atoms with E-state index in [9.17, 15) is 8.42 Å². The highest BCUT2D eigenvalue weighted by Crippen LogP contribution is 2.30. The average molecular weight is 367 g/mol. The first-order chi connectivity index (χ1) is 11.0. The highest BCUT2D eigenvalue weighted by atomic mass is 35.5. The van der Waals surface area contributed by atoms with Gasteiger partial charge >= 0.3 is 0 Å². The molecule has 1 atom stereocenters. The van der Waals surface area contributed by atoms with E-state index in [0.29, 0.717) is 10.8 Å². The number of H-pyrrole nitrogens is 1. The van der Waals surface area contributed by atoms with Crippen LogP contribution in [0.1, 0.15) is 17.7 Å². The molecule has 7 heteroatoms. The van der Waals surface area contributed by atoms with E-state index in [1.165, 1.54) is 16.6 Å². The lowest BCUT2D eigenvalue weighted by molar-refractivity contribution is 0.507. The Morgan fingerprint density at radius 1 is 1.22 bits per heavy atom. The molecule has 23 heavy (non-hydrogen) atoms. The number of sulfonamides is 1. The molecule has 1 aliphatic carbocycles. The SMILES string of the molecule is O=S(=O)(NC1CCc2[nH]c3ccccc3c2C1)c1ccc(Cl)s1. The zero-order valence-corrected chi connectivity index (χ0v) is 14.6. The summed E-state index contributed by atoms with van der Waals surface area (Å²) in [6.45, 7) is 0. The molecular formula is C16H15ClN2O2S2. The van der Waals surface area contributed by atoms with Gasteiger partial charge in [0.2, 0.25) is 10.0 Å². The molecule has 2 N–H and O–H groups in total. The van der Waals surface area contributed by atoms with Gasteiger partial charge in [0.05, 0.1) is 4.34 Å². The summed E-state index contributed by atoms with van der Waals surface area (Å²) in [4.78, 5) is 3.44. The summed E-state index contributed by atoms with van der Waals surface area (Å²) in [6, 6.07) is 11.2. The van der Waals surface area contributed by atoms with Crippen molar-refractivity contribution in [2.24, 2.45) is 0 Å². The molecule has 0 saturated heterocycles. The van der Waals surface area contributed by atoms with Crippen LogP contribution in [0.2, 0.25) is 4.34 Å². The number of aromatic amines is 1. The number of halogens is 1. The van der Waals surface area contributed by atoms with Crippen LogP contribution in [0.4, 0.5) is 0 Å².